The van der Waals surface area contributed by atoms with Gasteiger partial charge in [-0.15, -0.1) is 0 Å². The Morgan fingerprint density at radius 2 is 1.93 bits per heavy atom. The molecule has 0 spiro atoms. The van der Waals surface area contributed by atoms with Gasteiger partial charge in [0.1, 0.15) is 0 Å². The van der Waals surface area contributed by atoms with Crippen LogP contribution in [0.1, 0.15) is 32.6 Å². The van der Waals surface area contributed by atoms with Crippen LogP contribution >= 0.6 is 0 Å². The number of rotatable bonds is 3. The van der Waals surface area contributed by atoms with E-state index in [0.717, 1.165) is 11.6 Å². The lowest BCUT2D eigenvalue weighted by atomic mass is 9.87. The van der Waals surface area contributed by atoms with Crippen LogP contribution in [0.2, 0.25) is 0 Å². The summed E-state index contributed by atoms with van der Waals surface area (Å²) in [6.45, 7) is 2.34. The second kappa shape index (κ2) is 5.17. The van der Waals surface area contributed by atoms with E-state index in [0.29, 0.717) is 6.04 Å². The highest BCUT2D eigenvalue weighted by molar-refractivity contribution is 5.41. The summed E-state index contributed by atoms with van der Waals surface area (Å²) in [5.41, 5.74) is 7.85. The lowest BCUT2D eigenvalue weighted by molar-refractivity contribution is 0.313. The third-order valence-corrected chi connectivity index (χ3v) is 3.13. The number of nitrogens with one attached hydrogen (secondary N) is 2. The first-order valence-electron chi connectivity index (χ1n) is 5.91. The summed E-state index contributed by atoms with van der Waals surface area (Å²) >= 11 is 0. The normalized spacial score (nSPS) is 26.2. The Bertz CT molecular complexity index is 284. The van der Waals surface area contributed by atoms with Crippen molar-refractivity contribution in [3.05, 3.63) is 30.3 Å². The molecule has 0 radical (unpaired) electrons. The smallest absolute Gasteiger partial charge is 0.0487 e. The average molecular weight is 204 g/mol. The predicted octanol–water partition coefficient (Wildman–Crippen LogP) is 3.18. The fourth-order valence-electron chi connectivity index (χ4n) is 2.27. The molecule has 1 aromatic carbocycles. The highest BCUT2D eigenvalue weighted by Gasteiger charge is 2.17. The molecule has 1 aliphatic rings. The van der Waals surface area contributed by atoms with Crippen molar-refractivity contribution in [2.24, 2.45) is 5.92 Å². The molecule has 0 aromatic heterocycles. The highest BCUT2D eigenvalue weighted by Crippen LogP contribution is 2.23. The van der Waals surface area contributed by atoms with Crippen LogP contribution in [0, 0.1) is 5.92 Å². The van der Waals surface area contributed by atoms with Crippen molar-refractivity contribution < 1.29 is 0 Å². The van der Waals surface area contributed by atoms with Gasteiger partial charge in [-0.2, -0.15) is 0 Å². The van der Waals surface area contributed by atoms with Crippen LogP contribution in [0.4, 0.5) is 5.69 Å². The van der Waals surface area contributed by atoms with Gasteiger partial charge < -0.3 is 5.43 Å². The van der Waals surface area contributed by atoms with Crippen molar-refractivity contribution in [1.82, 2.24) is 5.43 Å². The van der Waals surface area contributed by atoms with E-state index < -0.39 is 0 Å². The van der Waals surface area contributed by atoms with E-state index in [4.69, 9.17) is 0 Å². The second-order valence-electron chi connectivity index (χ2n) is 4.60. The van der Waals surface area contributed by atoms with Crippen LogP contribution in [-0.2, 0) is 0 Å². The molecule has 1 saturated carbocycles. The van der Waals surface area contributed by atoms with Gasteiger partial charge in [0.25, 0.3) is 0 Å². The van der Waals surface area contributed by atoms with E-state index in [1.54, 1.807) is 0 Å². The maximum absolute atomic E-state index is 3.42. The molecule has 1 aromatic rings. The fourth-order valence-corrected chi connectivity index (χ4v) is 2.27. The van der Waals surface area contributed by atoms with Crippen LogP contribution in [0.25, 0.3) is 0 Å². The standard InChI is InChI=1S/C13H20N2/c1-11-6-5-9-13(10-11)15-14-12-7-3-2-4-8-12/h2-4,7-8,11,13-15H,5-6,9-10H2,1H3. The van der Waals surface area contributed by atoms with E-state index in [9.17, 15) is 0 Å². The summed E-state index contributed by atoms with van der Waals surface area (Å²) in [5, 5.41) is 0. The van der Waals surface area contributed by atoms with Gasteiger partial charge in [0.15, 0.2) is 0 Å². The van der Waals surface area contributed by atoms with Gasteiger partial charge in [0.05, 0.1) is 0 Å². The number of hydrogen-bond acceptors (Lipinski definition) is 2. The molecule has 2 N–H and O–H groups in total. The maximum Gasteiger partial charge on any atom is 0.0487 e. The van der Waals surface area contributed by atoms with E-state index in [1.165, 1.54) is 25.7 Å². The predicted molar refractivity (Wildman–Crippen MR) is 64.6 cm³/mol. The zero-order valence-electron chi connectivity index (χ0n) is 9.37. The second-order valence-corrected chi connectivity index (χ2v) is 4.60. The lowest BCUT2D eigenvalue weighted by Gasteiger charge is -2.27. The minimum absolute atomic E-state index is 0.633. The summed E-state index contributed by atoms with van der Waals surface area (Å²) in [6, 6.07) is 10.9. The summed E-state index contributed by atoms with van der Waals surface area (Å²) < 4.78 is 0. The van der Waals surface area contributed by atoms with Gasteiger partial charge in [0.2, 0.25) is 0 Å². The van der Waals surface area contributed by atoms with Crippen LogP contribution in [0.3, 0.4) is 0 Å². The third kappa shape index (κ3) is 3.24. The van der Waals surface area contributed by atoms with Crippen molar-refractivity contribution >= 4 is 5.69 Å². The Balaban J connectivity index is 1.78. The molecule has 2 heteroatoms. The van der Waals surface area contributed by atoms with E-state index in [2.05, 4.69) is 29.9 Å². The highest BCUT2D eigenvalue weighted by atomic mass is 15.4. The molecule has 1 aliphatic carbocycles. The number of anilines is 1. The van der Waals surface area contributed by atoms with Crippen LogP contribution in [0.5, 0.6) is 0 Å². The molecule has 0 amide bonds. The van der Waals surface area contributed by atoms with Crippen LogP contribution < -0.4 is 10.9 Å². The van der Waals surface area contributed by atoms with Crippen molar-refractivity contribution in [2.75, 3.05) is 5.43 Å². The largest absolute Gasteiger partial charge is 0.321 e. The molecule has 82 valence electrons. The molecule has 2 rings (SSSR count). The van der Waals surface area contributed by atoms with Crippen LogP contribution in [0.15, 0.2) is 30.3 Å². The first kappa shape index (κ1) is 10.5. The summed E-state index contributed by atoms with van der Waals surface area (Å²) in [7, 11) is 0. The first-order valence-corrected chi connectivity index (χ1v) is 5.91. The Morgan fingerprint density at radius 3 is 2.67 bits per heavy atom. The molecular formula is C13H20N2. The SMILES string of the molecule is CC1CCCC(NNc2ccccc2)C1. The van der Waals surface area contributed by atoms with Crippen molar-refractivity contribution in [1.29, 1.82) is 0 Å². The molecule has 0 saturated heterocycles. The maximum atomic E-state index is 3.42. The molecule has 2 atom stereocenters. The lowest BCUT2D eigenvalue weighted by Crippen LogP contribution is -2.37. The van der Waals surface area contributed by atoms with E-state index >= 15 is 0 Å². The zero-order chi connectivity index (χ0) is 10.5. The number of benzene rings is 1. The third-order valence-electron chi connectivity index (χ3n) is 3.13. The fraction of sp³-hybridized carbons (Fsp3) is 0.538. The molecule has 15 heavy (non-hydrogen) atoms. The molecular weight excluding hydrogens is 184 g/mol. The zero-order valence-corrected chi connectivity index (χ0v) is 9.37. The monoisotopic (exact) mass is 204 g/mol. The summed E-state index contributed by atoms with van der Waals surface area (Å²) in [4.78, 5) is 0. The summed E-state index contributed by atoms with van der Waals surface area (Å²) in [5.74, 6) is 0.869. The molecule has 0 heterocycles. The molecule has 0 aliphatic heterocycles. The Hall–Kier alpha value is -1.02. The topological polar surface area (TPSA) is 24.1 Å². The Kier molecular flexibility index (Phi) is 3.62. The Morgan fingerprint density at radius 1 is 1.13 bits per heavy atom. The van der Waals surface area contributed by atoms with Crippen molar-refractivity contribution in [3.8, 4) is 0 Å². The summed E-state index contributed by atoms with van der Waals surface area (Å²) in [6.07, 6.45) is 5.34. The minimum atomic E-state index is 0.633. The average Bonchev–Trinajstić information content (AvgIpc) is 2.28. The molecule has 0 bridgehead atoms. The van der Waals surface area contributed by atoms with Gasteiger partial charge in [-0.05, 0) is 30.9 Å². The van der Waals surface area contributed by atoms with Gasteiger partial charge >= 0.3 is 0 Å². The van der Waals surface area contributed by atoms with Gasteiger partial charge in [-0.1, -0.05) is 38.0 Å². The van der Waals surface area contributed by atoms with Gasteiger partial charge in [0, 0.05) is 11.7 Å². The Labute approximate surface area is 92.1 Å². The number of hydrazine groups is 1. The van der Waals surface area contributed by atoms with Crippen molar-refractivity contribution in [2.45, 2.75) is 38.6 Å². The van der Waals surface area contributed by atoms with Gasteiger partial charge in [-0.3, -0.25) is 0 Å². The number of hydrogen-bond donors (Lipinski definition) is 2. The number of para-hydroxylation sites is 1. The van der Waals surface area contributed by atoms with E-state index in [-0.39, 0.29) is 0 Å². The van der Waals surface area contributed by atoms with Crippen molar-refractivity contribution in [3.63, 3.8) is 0 Å². The van der Waals surface area contributed by atoms with Gasteiger partial charge in [-0.25, -0.2) is 5.43 Å². The van der Waals surface area contributed by atoms with Crippen LogP contribution in [-0.4, -0.2) is 6.04 Å². The molecule has 2 unspecified atom stereocenters. The minimum Gasteiger partial charge on any atom is -0.321 e. The molecule has 1 fully saturated rings. The van der Waals surface area contributed by atoms with E-state index in [1.807, 2.05) is 18.2 Å². The molecule has 2 nitrogen and oxygen atoms in total. The quantitative estimate of drug-likeness (QED) is 0.739. The first-order chi connectivity index (χ1) is 7.34.